The summed E-state index contributed by atoms with van der Waals surface area (Å²) in [5, 5.41) is 24.9. The van der Waals surface area contributed by atoms with Gasteiger partial charge in [0.05, 0.1) is 31.0 Å². The number of non-ortho nitro benzene ring substituents is 2. The second-order valence-electron chi connectivity index (χ2n) is 10.9. The highest BCUT2D eigenvalue weighted by atomic mass is 35.5. The van der Waals surface area contributed by atoms with Gasteiger partial charge in [0.2, 0.25) is 0 Å². The Hall–Kier alpha value is -5.94. The Morgan fingerprint density at radius 3 is 1.50 bits per heavy atom. The Morgan fingerprint density at radius 1 is 0.635 bits per heavy atom. The Bertz CT molecular complexity index is 2450. The predicted octanol–water partition coefficient (Wildman–Crippen LogP) is 6.55. The Morgan fingerprint density at radius 2 is 1.08 bits per heavy atom. The van der Waals surface area contributed by atoms with Crippen LogP contribution in [0.2, 0.25) is 0 Å². The molecule has 14 nitrogen and oxygen atoms in total. The lowest BCUT2D eigenvalue weighted by molar-refractivity contribution is -0.385. The van der Waals surface area contributed by atoms with E-state index < -0.39 is 29.9 Å². The van der Waals surface area contributed by atoms with Crippen molar-refractivity contribution in [2.45, 2.75) is 16.3 Å². The SMILES string of the molecule is CNCc1cc(-c2ccccc2)n(S(=O)(=O)c2cccc([N+](=O)[O-])c2)c1.Cl.O=Cc1cc(-c2ccccc2)n(S(=O)(=O)c2cccc([N+](=O)[O-])c2)c1. The third-order valence-corrected chi connectivity index (χ3v) is 10.8. The average Bonchev–Trinajstić information content (AvgIpc) is 3.79. The molecule has 0 saturated carbocycles. The summed E-state index contributed by atoms with van der Waals surface area (Å²) in [7, 11) is -6.32. The summed E-state index contributed by atoms with van der Waals surface area (Å²) in [5.74, 6) is 0. The van der Waals surface area contributed by atoms with Gasteiger partial charge in [0.1, 0.15) is 0 Å². The lowest BCUT2D eigenvalue weighted by atomic mass is 10.1. The monoisotopic (exact) mass is 763 g/mol. The number of carbonyl (C=O) groups is 1. The van der Waals surface area contributed by atoms with Crippen molar-refractivity contribution in [2.75, 3.05) is 7.05 Å². The van der Waals surface area contributed by atoms with E-state index >= 15 is 0 Å². The molecule has 4 aromatic carbocycles. The minimum Gasteiger partial charge on any atom is -0.316 e. The van der Waals surface area contributed by atoms with Gasteiger partial charge in [-0.3, -0.25) is 25.0 Å². The molecule has 0 fully saturated rings. The van der Waals surface area contributed by atoms with Gasteiger partial charge in [0, 0.05) is 48.8 Å². The fraction of sp³-hybridized carbons (Fsp3) is 0.0571. The molecule has 17 heteroatoms. The first-order chi connectivity index (χ1) is 24.4. The van der Waals surface area contributed by atoms with Gasteiger partial charge in [-0.2, -0.15) is 0 Å². The second-order valence-corrected chi connectivity index (χ2v) is 14.5. The van der Waals surface area contributed by atoms with Crippen molar-refractivity contribution in [3.8, 4) is 22.5 Å². The third kappa shape index (κ3) is 8.33. The summed E-state index contributed by atoms with van der Waals surface area (Å²) in [6.45, 7) is 0.497. The Labute approximate surface area is 304 Å². The summed E-state index contributed by atoms with van der Waals surface area (Å²) < 4.78 is 54.3. The summed E-state index contributed by atoms with van der Waals surface area (Å²) in [4.78, 5) is 31.4. The van der Waals surface area contributed by atoms with Crippen LogP contribution in [0.15, 0.2) is 144 Å². The molecule has 6 rings (SSSR count). The molecule has 0 bridgehead atoms. The fourth-order valence-corrected chi connectivity index (χ4v) is 7.97. The number of hydrogen-bond acceptors (Lipinski definition) is 10. The molecule has 0 aliphatic heterocycles. The highest BCUT2D eigenvalue weighted by Crippen LogP contribution is 2.30. The molecule has 0 aliphatic rings. The van der Waals surface area contributed by atoms with E-state index in [9.17, 15) is 41.9 Å². The number of nitrogens with one attached hydrogen (secondary N) is 1. The molecule has 2 aromatic heterocycles. The molecule has 0 atom stereocenters. The first-order valence-electron chi connectivity index (χ1n) is 15.0. The van der Waals surface area contributed by atoms with Crippen molar-refractivity contribution in [2.24, 2.45) is 0 Å². The van der Waals surface area contributed by atoms with E-state index in [0.29, 0.717) is 29.8 Å². The minimum absolute atomic E-state index is 0. The van der Waals surface area contributed by atoms with Crippen molar-refractivity contribution in [1.29, 1.82) is 0 Å². The van der Waals surface area contributed by atoms with E-state index in [1.165, 1.54) is 58.8 Å². The number of carbonyl (C=O) groups excluding carboxylic acids is 1. The van der Waals surface area contributed by atoms with Crippen molar-refractivity contribution >= 4 is 50.1 Å². The minimum atomic E-state index is -4.11. The van der Waals surface area contributed by atoms with Crippen LogP contribution in [0.3, 0.4) is 0 Å². The number of rotatable bonds is 11. The molecule has 0 amide bonds. The number of nitro benzene ring substituents is 2. The average molecular weight is 764 g/mol. The quantitative estimate of drug-likeness (QED) is 0.0859. The molecule has 0 saturated heterocycles. The first-order valence-corrected chi connectivity index (χ1v) is 17.9. The predicted molar refractivity (Wildman–Crippen MR) is 196 cm³/mol. The van der Waals surface area contributed by atoms with Crippen LogP contribution in [-0.4, -0.2) is 48.0 Å². The molecule has 0 radical (unpaired) electrons. The smallest absolute Gasteiger partial charge is 0.270 e. The number of halogens is 1. The molecule has 268 valence electrons. The Balaban J connectivity index is 0.000000228. The molecule has 0 unspecified atom stereocenters. The van der Waals surface area contributed by atoms with Crippen LogP contribution in [0, 0.1) is 20.2 Å². The molecule has 6 aromatic rings. The largest absolute Gasteiger partial charge is 0.316 e. The van der Waals surface area contributed by atoms with Crippen LogP contribution in [0.4, 0.5) is 11.4 Å². The van der Waals surface area contributed by atoms with Crippen LogP contribution in [0.5, 0.6) is 0 Å². The first kappa shape index (κ1) is 38.9. The maximum absolute atomic E-state index is 13.1. The van der Waals surface area contributed by atoms with Crippen LogP contribution < -0.4 is 5.32 Å². The highest BCUT2D eigenvalue weighted by Gasteiger charge is 2.25. The van der Waals surface area contributed by atoms with Gasteiger partial charge in [-0.05, 0) is 48.0 Å². The molecule has 0 spiro atoms. The lowest BCUT2D eigenvalue weighted by Crippen LogP contribution is -2.13. The molecule has 1 N–H and O–H groups in total. The van der Waals surface area contributed by atoms with Gasteiger partial charge in [-0.1, -0.05) is 72.8 Å². The van der Waals surface area contributed by atoms with E-state index in [0.717, 1.165) is 27.2 Å². The van der Waals surface area contributed by atoms with Crippen LogP contribution in [0.1, 0.15) is 15.9 Å². The van der Waals surface area contributed by atoms with Gasteiger partial charge in [0.25, 0.3) is 31.4 Å². The van der Waals surface area contributed by atoms with E-state index in [1.807, 2.05) is 30.3 Å². The van der Waals surface area contributed by atoms with Crippen molar-refractivity contribution < 1.29 is 31.5 Å². The molecule has 2 heterocycles. The zero-order valence-corrected chi connectivity index (χ0v) is 29.6. The van der Waals surface area contributed by atoms with Crippen LogP contribution in [-0.2, 0) is 26.6 Å². The van der Waals surface area contributed by atoms with Gasteiger partial charge >= 0.3 is 0 Å². The lowest BCUT2D eigenvalue weighted by Gasteiger charge is -2.10. The summed E-state index contributed by atoms with van der Waals surface area (Å²) >= 11 is 0. The molecule has 0 aliphatic carbocycles. The zero-order chi connectivity index (χ0) is 36.8. The van der Waals surface area contributed by atoms with Gasteiger partial charge in [0.15, 0.2) is 6.29 Å². The summed E-state index contributed by atoms with van der Waals surface area (Å²) in [6.07, 6.45) is 3.28. The van der Waals surface area contributed by atoms with E-state index in [-0.39, 0.29) is 39.1 Å². The maximum Gasteiger partial charge on any atom is 0.270 e. The van der Waals surface area contributed by atoms with Crippen LogP contribution in [0.25, 0.3) is 22.5 Å². The van der Waals surface area contributed by atoms with Crippen molar-refractivity contribution in [3.63, 3.8) is 0 Å². The van der Waals surface area contributed by atoms with Gasteiger partial charge in [-0.15, -0.1) is 12.4 Å². The van der Waals surface area contributed by atoms with Gasteiger partial charge in [-0.25, -0.2) is 24.8 Å². The third-order valence-electron chi connectivity index (χ3n) is 7.48. The number of aromatic nitrogens is 2. The molecular weight excluding hydrogens is 734 g/mol. The fourth-order valence-electron chi connectivity index (χ4n) is 5.10. The van der Waals surface area contributed by atoms with Crippen LogP contribution >= 0.6 is 12.4 Å². The number of nitrogens with zero attached hydrogens (tertiary/aromatic N) is 4. The highest BCUT2D eigenvalue weighted by molar-refractivity contribution is 7.90. The normalized spacial score (nSPS) is 11.1. The topological polar surface area (TPSA) is 194 Å². The zero-order valence-electron chi connectivity index (χ0n) is 27.2. The second kappa shape index (κ2) is 16.4. The number of hydrogen-bond donors (Lipinski definition) is 1. The molecule has 52 heavy (non-hydrogen) atoms. The van der Waals surface area contributed by atoms with Crippen molar-refractivity contribution in [1.82, 2.24) is 13.3 Å². The van der Waals surface area contributed by atoms with E-state index in [4.69, 9.17) is 0 Å². The van der Waals surface area contributed by atoms with E-state index in [2.05, 4.69) is 5.32 Å². The molecular formula is C35H30ClN5O9S2. The number of benzene rings is 4. The number of nitro groups is 2. The van der Waals surface area contributed by atoms with E-state index in [1.54, 1.807) is 43.4 Å². The van der Waals surface area contributed by atoms with Gasteiger partial charge < -0.3 is 5.32 Å². The maximum atomic E-state index is 13.1. The Kier molecular flexibility index (Phi) is 12.2. The number of aldehydes is 1. The van der Waals surface area contributed by atoms with Crippen molar-refractivity contribution in [3.05, 3.63) is 165 Å². The summed E-state index contributed by atoms with van der Waals surface area (Å²) in [6, 6.07) is 30.9. The standard InChI is InChI=1S/C18H17N3O4S.C17H12N2O5S.ClH/c1-19-12-14-10-18(15-6-3-2-4-7-15)20(13-14)26(24,25)17-9-5-8-16(11-17)21(22)23;20-12-13-9-17(14-5-2-1-3-6-14)18(11-13)25(23,24)16-8-4-7-15(10-16)19(21)22;/h2-11,13,19H,12H2,1H3;1-12H;1H. The summed E-state index contributed by atoms with van der Waals surface area (Å²) in [5.41, 5.74) is 2.53.